The summed E-state index contributed by atoms with van der Waals surface area (Å²) in [6.07, 6.45) is 0.427. The topological polar surface area (TPSA) is 66.4 Å². The van der Waals surface area contributed by atoms with Crippen molar-refractivity contribution in [2.24, 2.45) is 0 Å². The Morgan fingerprint density at radius 1 is 1.37 bits per heavy atom. The fourth-order valence-electron chi connectivity index (χ4n) is 1.74. The molecular weight excluding hydrogens is 310 g/mol. The molecule has 0 aliphatic heterocycles. The molecule has 0 heterocycles. The molecule has 0 aliphatic carbocycles. The van der Waals surface area contributed by atoms with Crippen LogP contribution in [0.2, 0.25) is 0 Å². The average Bonchev–Trinajstić information content (AvgIpc) is 2.25. The average molecular weight is 328 g/mol. The van der Waals surface area contributed by atoms with Crippen LogP contribution in [0.1, 0.15) is 42.6 Å². The SMILES string of the molecule is Cc1cc(Br)ccc1C(=O)NC(C)(C)CCC(=O)O. The van der Waals surface area contributed by atoms with Crippen LogP contribution in [0.4, 0.5) is 0 Å². The number of aliphatic carboxylic acids is 1. The first kappa shape index (κ1) is 15.7. The van der Waals surface area contributed by atoms with Crippen molar-refractivity contribution in [3.05, 3.63) is 33.8 Å². The summed E-state index contributed by atoms with van der Waals surface area (Å²) in [4.78, 5) is 22.7. The molecule has 0 aromatic heterocycles. The monoisotopic (exact) mass is 327 g/mol. The Hall–Kier alpha value is -1.36. The third-order valence-corrected chi connectivity index (χ3v) is 3.34. The molecule has 0 bridgehead atoms. The Morgan fingerprint density at radius 2 is 2.00 bits per heavy atom. The smallest absolute Gasteiger partial charge is 0.303 e. The highest BCUT2D eigenvalue weighted by atomic mass is 79.9. The Bertz CT molecular complexity index is 497. The van der Waals surface area contributed by atoms with Crippen molar-refractivity contribution in [1.82, 2.24) is 5.32 Å². The summed E-state index contributed by atoms with van der Waals surface area (Å²) in [7, 11) is 0. The third-order valence-electron chi connectivity index (χ3n) is 2.85. The molecule has 2 N–H and O–H groups in total. The predicted octanol–water partition coefficient (Wildman–Crippen LogP) is 3.13. The summed E-state index contributed by atoms with van der Waals surface area (Å²) >= 11 is 3.35. The number of nitrogens with one attached hydrogen (secondary N) is 1. The van der Waals surface area contributed by atoms with Gasteiger partial charge in [0.1, 0.15) is 0 Å². The summed E-state index contributed by atoms with van der Waals surface area (Å²) in [6, 6.07) is 5.44. The van der Waals surface area contributed by atoms with E-state index in [0.717, 1.165) is 10.0 Å². The second kappa shape index (κ2) is 6.19. The van der Waals surface area contributed by atoms with Crippen molar-refractivity contribution >= 4 is 27.8 Å². The van der Waals surface area contributed by atoms with Gasteiger partial charge in [-0.05, 0) is 51.0 Å². The molecule has 5 heteroatoms. The fraction of sp³-hybridized carbons (Fsp3) is 0.429. The van der Waals surface area contributed by atoms with Crippen molar-refractivity contribution < 1.29 is 14.7 Å². The number of benzene rings is 1. The van der Waals surface area contributed by atoms with Crippen LogP contribution in [0.3, 0.4) is 0 Å². The minimum Gasteiger partial charge on any atom is -0.481 e. The molecule has 0 fully saturated rings. The zero-order valence-corrected chi connectivity index (χ0v) is 12.9. The first-order valence-corrected chi connectivity index (χ1v) is 6.81. The maximum absolute atomic E-state index is 12.2. The number of hydrogen-bond donors (Lipinski definition) is 2. The minimum atomic E-state index is -0.859. The van der Waals surface area contributed by atoms with Crippen LogP contribution in [-0.4, -0.2) is 22.5 Å². The van der Waals surface area contributed by atoms with Crippen molar-refractivity contribution in [3.8, 4) is 0 Å². The molecule has 0 radical (unpaired) electrons. The number of carbonyl (C=O) groups excluding carboxylic acids is 1. The lowest BCUT2D eigenvalue weighted by Crippen LogP contribution is -2.43. The summed E-state index contributed by atoms with van der Waals surface area (Å²) < 4.78 is 0.923. The molecule has 0 saturated carbocycles. The molecule has 4 nitrogen and oxygen atoms in total. The van der Waals surface area contributed by atoms with E-state index in [0.29, 0.717) is 12.0 Å². The van der Waals surface area contributed by atoms with Crippen LogP contribution in [0.15, 0.2) is 22.7 Å². The highest BCUT2D eigenvalue weighted by Crippen LogP contribution is 2.18. The Morgan fingerprint density at radius 3 is 2.53 bits per heavy atom. The molecule has 1 aromatic rings. The third kappa shape index (κ3) is 5.03. The lowest BCUT2D eigenvalue weighted by molar-refractivity contribution is -0.137. The van der Waals surface area contributed by atoms with Gasteiger partial charge in [-0.15, -0.1) is 0 Å². The molecule has 0 unspecified atom stereocenters. The predicted molar refractivity (Wildman–Crippen MR) is 77.3 cm³/mol. The van der Waals surface area contributed by atoms with Crippen LogP contribution >= 0.6 is 15.9 Å². The number of carboxylic acid groups (broad SMARTS) is 1. The van der Waals surface area contributed by atoms with Crippen molar-refractivity contribution in [2.45, 2.75) is 39.2 Å². The van der Waals surface area contributed by atoms with Gasteiger partial charge in [0.15, 0.2) is 0 Å². The molecule has 1 aromatic carbocycles. The van der Waals surface area contributed by atoms with E-state index in [1.54, 1.807) is 6.07 Å². The highest BCUT2D eigenvalue weighted by Gasteiger charge is 2.22. The quantitative estimate of drug-likeness (QED) is 0.873. The van der Waals surface area contributed by atoms with Gasteiger partial charge in [0.05, 0.1) is 0 Å². The number of carboxylic acids is 1. The van der Waals surface area contributed by atoms with Gasteiger partial charge in [0, 0.05) is 22.0 Å². The second-order valence-electron chi connectivity index (χ2n) is 5.19. The van der Waals surface area contributed by atoms with Crippen LogP contribution in [0.5, 0.6) is 0 Å². The van der Waals surface area contributed by atoms with E-state index in [2.05, 4.69) is 21.2 Å². The number of hydrogen-bond acceptors (Lipinski definition) is 2. The van der Waals surface area contributed by atoms with Gasteiger partial charge in [0.25, 0.3) is 5.91 Å². The molecule has 0 spiro atoms. The van der Waals surface area contributed by atoms with Crippen LogP contribution < -0.4 is 5.32 Å². The first-order valence-electron chi connectivity index (χ1n) is 6.02. The number of rotatable bonds is 5. The largest absolute Gasteiger partial charge is 0.481 e. The van der Waals surface area contributed by atoms with Gasteiger partial charge in [-0.1, -0.05) is 15.9 Å². The van der Waals surface area contributed by atoms with Gasteiger partial charge in [-0.3, -0.25) is 9.59 Å². The van der Waals surface area contributed by atoms with Crippen LogP contribution in [-0.2, 0) is 4.79 Å². The van der Waals surface area contributed by atoms with E-state index >= 15 is 0 Å². The number of carbonyl (C=O) groups is 2. The molecule has 0 saturated heterocycles. The number of halogens is 1. The van der Waals surface area contributed by atoms with E-state index in [-0.39, 0.29) is 12.3 Å². The highest BCUT2D eigenvalue weighted by molar-refractivity contribution is 9.10. The normalized spacial score (nSPS) is 11.2. The first-order chi connectivity index (χ1) is 8.71. The van der Waals surface area contributed by atoms with Crippen LogP contribution in [0.25, 0.3) is 0 Å². The summed E-state index contributed by atoms with van der Waals surface area (Å²) in [6.45, 7) is 5.51. The fourth-order valence-corrected chi connectivity index (χ4v) is 2.21. The van der Waals surface area contributed by atoms with Crippen molar-refractivity contribution in [2.75, 3.05) is 0 Å². The zero-order valence-electron chi connectivity index (χ0n) is 11.3. The summed E-state index contributed by atoms with van der Waals surface area (Å²) in [5, 5.41) is 11.6. The van der Waals surface area contributed by atoms with Crippen LogP contribution in [0, 0.1) is 6.92 Å². The van der Waals surface area contributed by atoms with Crippen molar-refractivity contribution in [1.29, 1.82) is 0 Å². The van der Waals surface area contributed by atoms with E-state index in [1.807, 2.05) is 32.9 Å². The number of amides is 1. The Balaban J connectivity index is 2.75. The molecule has 0 atom stereocenters. The van der Waals surface area contributed by atoms with Gasteiger partial charge in [0.2, 0.25) is 0 Å². The van der Waals surface area contributed by atoms with Gasteiger partial charge in [-0.25, -0.2) is 0 Å². The summed E-state index contributed by atoms with van der Waals surface area (Å²) in [5.74, 6) is -1.04. The Labute approximate surface area is 121 Å². The maximum Gasteiger partial charge on any atom is 0.303 e. The number of aryl methyl sites for hydroxylation is 1. The maximum atomic E-state index is 12.2. The molecule has 0 aliphatic rings. The van der Waals surface area contributed by atoms with Crippen molar-refractivity contribution in [3.63, 3.8) is 0 Å². The molecule has 104 valence electrons. The van der Waals surface area contributed by atoms with E-state index in [9.17, 15) is 9.59 Å². The summed E-state index contributed by atoms with van der Waals surface area (Å²) in [5.41, 5.74) is 0.933. The van der Waals surface area contributed by atoms with E-state index in [1.165, 1.54) is 0 Å². The lowest BCUT2D eigenvalue weighted by Gasteiger charge is -2.26. The van der Waals surface area contributed by atoms with Gasteiger partial charge < -0.3 is 10.4 Å². The Kier molecular flexibility index (Phi) is 5.11. The molecule has 19 heavy (non-hydrogen) atoms. The van der Waals surface area contributed by atoms with E-state index in [4.69, 9.17) is 5.11 Å². The molecular formula is C14H18BrNO3. The van der Waals surface area contributed by atoms with Gasteiger partial charge in [-0.2, -0.15) is 0 Å². The molecule has 1 amide bonds. The zero-order chi connectivity index (χ0) is 14.6. The van der Waals surface area contributed by atoms with E-state index < -0.39 is 11.5 Å². The minimum absolute atomic E-state index is 0.0343. The van der Waals surface area contributed by atoms with Gasteiger partial charge >= 0.3 is 5.97 Å². The standard InChI is InChI=1S/C14H18BrNO3/c1-9-8-10(15)4-5-11(9)13(19)16-14(2,3)7-6-12(17)18/h4-5,8H,6-7H2,1-3H3,(H,16,19)(H,17,18). The lowest BCUT2D eigenvalue weighted by atomic mass is 9.97. The second-order valence-corrected chi connectivity index (χ2v) is 6.11. The molecule has 1 rings (SSSR count).